The summed E-state index contributed by atoms with van der Waals surface area (Å²) in [5.74, 6) is 2.00. The number of benzene rings is 7. The average molecular weight is 755 g/mol. The van der Waals surface area contributed by atoms with Gasteiger partial charge in [-0.1, -0.05) is 172 Å². The molecule has 0 saturated heterocycles. The fraction of sp³-hybridized carbons (Fsp3) is 0.109. The first kappa shape index (κ1) is 32.9. The molecule has 7 aromatic carbocycles. The molecular weight excluding hydrogens is 717 g/mol. The molecule has 1 spiro atoms. The van der Waals surface area contributed by atoms with E-state index in [-0.39, 0.29) is 11.3 Å². The Bertz CT molecular complexity index is 3300. The summed E-state index contributed by atoms with van der Waals surface area (Å²) in [4.78, 5) is 16.6. The average Bonchev–Trinajstić information content (AvgIpc) is 3.96. The third-order valence-electron chi connectivity index (χ3n) is 13.8. The van der Waals surface area contributed by atoms with Crippen LogP contribution in [0.2, 0.25) is 0 Å². The number of para-hydroxylation sites is 1. The molecule has 2 aromatic heterocycles. The van der Waals surface area contributed by atoms with E-state index in [1.54, 1.807) is 0 Å². The lowest BCUT2D eigenvalue weighted by Crippen LogP contribution is -2.31. The fourth-order valence-electron chi connectivity index (χ4n) is 11.4. The summed E-state index contributed by atoms with van der Waals surface area (Å²) in [6.45, 7) is 4.70. The molecule has 13 rings (SSSR count). The zero-order valence-corrected chi connectivity index (χ0v) is 32.8. The molecule has 0 saturated carbocycles. The molecular formula is C55H38N4. The van der Waals surface area contributed by atoms with Crippen LogP contribution in [0.1, 0.15) is 65.4 Å². The van der Waals surface area contributed by atoms with Crippen molar-refractivity contribution < 1.29 is 0 Å². The van der Waals surface area contributed by atoms with Crippen molar-refractivity contribution in [1.29, 1.82) is 0 Å². The normalized spacial score (nSPS) is 17.2. The molecule has 2 heterocycles. The lowest BCUT2D eigenvalue weighted by molar-refractivity contribution is 0.624. The number of aromatic nitrogens is 4. The van der Waals surface area contributed by atoms with E-state index in [1.165, 1.54) is 77.6 Å². The Labute approximate surface area is 342 Å². The summed E-state index contributed by atoms with van der Waals surface area (Å²) >= 11 is 0. The minimum Gasteiger partial charge on any atom is -0.278 e. The molecule has 0 radical (unpaired) electrons. The van der Waals surface area contributed by atoms with Crippen LogP contribution in [0, 0.1) is 0 Å². The van der Waals surface area contributed by atoms with Crippen LogP contribution in [0.15, 0.2) is 182 Å². The number of fused-ring (bicyclic) bond motifs is 15. The van der Waals surface area contributed by atoms with E-state index in [0.717, 1.165) is 28.8 Å². The van der Waals surface area contributed by atoms with Crippen molar-refractivity contribution in [1.82, 2.24) is 19.5 Å². The van der Waals surface area contributed by atoms with Gasteiger partial charge in [0.05, 0.1) is 16.4 Å². The molecule has 4 aliphatic rings. The molecule has 0 bridgehead atoms. The highest BCUT2D eigenvalue weighted by Gasteiger charge is 2.55. The molecule has 4 nitrogen and oxygen atoms in total. The van der Waals surface area contributed by atoms with Gasteiger partial charge in [0.2, 0.25) is 5.95 Å². The summed E-state index contributed by atoms with van der Waals surface area (Å²) in [5.41, 5.74) is 18.3. The summed E-state index contributed by atoms with van der Waals surface area (Å²) in [5, 5.41) is 2.38. The van der Waals surface area contributed by atoms with Crippen LogP contribution in [0.25, 0.3) is 67.0 Å². The van der Waals surface area contributed by atoms with Crippen LogP contribution in [-0.4, -0.2) is 19.5 Å². The minimum absolute atomic E-state index is 0.114. The number of nitrogens with zero attached hydrogens (tertiary/aromatic N) is 4. The van der Waals surface area contributed by atoms with Crippen LogP contribution in [0.5, 0.6) is 0 Å². The summed E-state index contributed by atoms with van der Waals surface area (Å²) < 4.78 is 2.30. The Balaban J connectivity index is 1.10. The van der Waals surface area contributed by atoms with Gasteiger partial charge in [-0.2, -0.15) is 9.97 Å². The van der Waals surface area contributed by atoms with E-state index in [2.05, 4.69) is 194 Å². The van der Waals surface area contributed by atoms with Gasteiger partial charge in [-0.05, 0) is 91.4 Å². The number of rotatable bonds is 3. The van der Waals surface area contributed by atoms with Crippen molar-refractivity contribution in [3.8, 4) is 39.6 Å². The second kappa shape index (κ2) is 11.7. The van der Waals surface area contributed by atoms with Crippen molar-refractivity contribution in [2.75, 3.05) is 0 Å². The van der Waals surface area contributed by atoms with Crippen molar-refractivity contribution >= 4 is 27.4 Å². The predicted molar refractivity (Wildman–Crippen MR) is 239 cm³/mol. The van der Waals surface area contributed by atoms with Gasteiger partial charge in [-0.25, -0.2) is 4.98 Å². The van der Waals surface area contributed by atoms with E-state index < -0.39 is 5.41 Å². The second-order valence-electron chi connectivity index (χ2n) is 17.0. The van der Waals surface area contributed by atoms with Crippen LogP contribution >= 0.6 is 0 Å². The van der Waals surface area contributed by atoms with Crippen molar-refractivity contribution in [2.24, 2.45) is 0 Å². The standard InChI is InChI=1S/C55H38N4/c1-54(2)43-26-11-6-22-37(43)41-31-42-38-23-10-15-30-48(38)59(49(42)32-47(41)54)53-57-51(33-17-4-3-5-18-33)56-52(58-53)40-25-16-24-39-36-21-9-14-29-46(36)55(50(39)40)44-27-12-7-19-34(44)35-20-8-13-28-45(35)55/h3-24,26-32,40H,25H2,1-2H3. The highest BCUT2D eigenvalue weighted by Crippen LogP contribution is 2.65. The maximum Gasteiger partial charge on any atom is 0.238 e. The van der Waals surface area contributed by atoms with Crippen molar-refractivity contribution in [3.05, 3.63) is 221 Å². The zero-order valence-electron chi connectivity index (χ0n) is 32.8. The first-order valence-electron chi connectivity index (χ1n) is 20.7. The van der Waals surface area contributed by atoms with Crippen LogP contribution in [-0.2, 0) is 10.8 Å². The highest BCUT2D eigenvalue weighted by atomic mass is 15.2. The Hall–Kier alpha value is -7.17. The predicted octanol–water partition coefficient (Wildman–Crippen LogP) is 12.8. The van der Waals surface area contributed by atoms with E-state index in [9.17, 15) is 0 Å². The maximum atomic E-state index is 5.66. The molecule has 1 unspecified atom stereocenters. The van der Waals surface area contributed by atoms with Gasteiger partial charge in [-0.15, -0.1) is 0 Å². The first-order valence-corrected chi connectivity index (χ1v) is 20.7. The molecule has 4 aliphatic carbocycles. The third kappa shape index (κ3) is 4.20. The minimum atomic E-state index is -0.484. The Morgan fingerprint density at radius 1 is 0.508 bits per heavy atom. The van der Waals surface area contributed by atoms with E-state index >= 15 is 0 Å². The molecule has 1 atom stereocenters. The van der Waals surface area contributed by atoms with Gasteiger partial charge < -0.3 is 0 Å². The van der Waals surface area contributed by atoms with Gasteiger partial charge in [0.25, 0.3) is 0 Å². The van der Waals surface area contributed by atoms with Crippen LogP contribution in [0.4, 0.5) is 0 Å². The Kier molecular flexibility index (Phi) is 6.52. The van der Waals surface area contributed by atoms with E-state index in [0.29, 0.717) is 11.8 Å². The quantitative estimate of drug-likeness (QED) is 0.180. The number of hydrogen-bond donors (Lipinski definition) is 0. The molecule has 59 heavy (non-hydrogen) atoms. The van der Waals surface area contributed by atoms with Crippen molar-refractivity contribution in [2.45, 2.75) is 37.0 Å². The summed E-state index contributed by atoms with van der Waals surface area (Å²) in [7, 11) is 0. The Morgan fingerprint density at radius 2 is 1.10 bits per heavy atom. The molecule has 4 heteroatoms. The van der Waals surface area contributed by atoms with E-state index in [1.807, 2.05) is 0 Å². The SMILES string of the molecule is CC1(C)c2ccccc2-c2cc3c4ccccc4n(-c4nc(-c5ccccc5)nc(C5CC=CC6=C5C5(c7ccccc76)c6ccccc6-c6ccccc65)n4)c3cc21. The summed E-state index contributed by atoms with van der Waals surface area (Å²) in [6.07, 6.45) is 5.47. The lowest BCUT2D eigenvalue weighted by Gasteiger charge is -2.37. The summed E-state index contributed by atoms with van der Waals surface area (Å²) in [6, 6.07) is 59.9. The van der Waals surface area contributed by atoms with Crippen LogP contribution in [0.3, 0.4) is 0 Å². The highest BCUT2D eigenvalue weighted by molar-refractivity contribution is 6.11. The number of hydrogen-bond acceptors (Lipinski definition) is 3. The third-order valence-corrected chi connectivity index (χ3v) is 13.8. The fourth-order valence-corrected chi connectivity index (χ4v) is 11.4. The topological polar surface area (TPSA) is 43.6 Å². The largest absolute Gasteiger partial charge is 0.278 e. The van der Waals surface area contributed by atoms with Crippen LogP contribution < -0.4 is 0 Å². The van der Waals surface area contributed by atoms with Gasteiger partial charge in [0.1, 0.15) is 5.82 Å². The van der Waals surface area contributed by atoms with Gasteiger partial charge in [0.15, 0.2) is 5.82 Å². The van der Waals surface area contributed by atoms with E-state index in [4.69, 9.17) is 15.0 Å². The van der Waals surface area contributed by atoms with Gasteiger partial charge in [-0.3, -0.25) is 4.57 Å². The maximum absolute atomic E-state index is 5.66. The first-order chi connectivity index (χ1) is 29.0. The second-order valence-corrected chi connectivity index (χ2v) is 17.0. The molecule has 0 N–H and O–H groups in total. The zero-order chi connectivity index (χ0) is 39.0. The molecule has 0 fully saturated rings. The lowest BCUT2D eigenvalue weighted by atomic mass is 9.65. The molecule has 0 amide bonds. The molecule has 9 aromatic rings. The molecule has 0 aliphatic heterocycles. The monoisotopic (exact) mass is 754 g/mol. The smallest absolute Gasteiger partial charge is 0.238 e. The Morgan fingerprint density at radius 3 is 1.83 bits per heavy atom. The molecule has 278 valence electrons. The van der Waals surface area contributed by atoms with Gasteiger partial charge >= 0.3 is 0 Å². The van der Waals surface area contributed by atoms with Crippen molar-refractivity contribution in [3.63, 3.8) is 0 Å². The number of allylic oxidation sites excluding steroid dienone is 4. The van der Waals surface area contributed by atoms with Gasteiger partial charge in [0, 0.05) is 27.7 Å².